The molecule has 2 heterocycles. The van der Waals surface area contributed by atoms with Gasteiger partial charge in [-0.2, -0.15) is 0 Å². The Labute approximate surface area is 88.5 Å². The summed E-state index contributed by atoms with van der Waals surface area (Å²) in [5.41, 5.74) is 1.04. The second-order valence-corrected chi connectivity index (χ2v) is 4.70. The summed E-state index contributed by atoms with van der Waals surface area (Å²) in [5.74, 6) is 0. The van der Waals surface area contributed by atoms with Crippen molar-refractivity contribution in [2.75, 3.05) is 6.54 Å². The highest BCUT2D eigenvalue weighted by Gasteiger charge is 2.19. The molecule has 0 radical (unpaired) electrons. The van der Waals surface area contributed by atoms with Crippen LogP contribution in [0.4, 0.5) is 0 Å². The molecule has 1 aromatic rings. The first kappa shape index (κ1) is 9.93. The third kappa shape index (κ3) is 2.45. The number of ether oxygens (including phenoxy) is 1. The topological polar surface area (TPSA) is 34.1 Å². The fraction of sp³-hybridized carbons (Fsp3) is 0.700. The summed E-state index contributed by atoms with van der Waals surface area (Å²) in [7, 11) is 0. The molecule has 0 amide bonds. The van der Waals surface area contributed by atoms with Crippen LogP contribution in [0.5, 0.6) is 5.19 Å². The van der Waals surface area contributed by atoms with Gasteiger partial charge in [0, 0.05) is 18.0 Å². The summed E-state index contributed by atoms with van der Waals surface area (Å²) in [6.07, 6.45) is 2.62. The Kier molecular flexibility index (Phi) is 3.03. The number of piperidine rings is 1. The Morgan fingerprint density at radius 2 is 2.43 bits per heavy atom. The molecule has 1 saturated heterocycles. The van der Waals surface area contributed by atoms with Crippen LogP contribution in [0.3, 0.4) is 0 Å². The molecule has 0 aromatic carbocycles. The Bertz CT molecular complexity index is 292. The molecule has 78 valence electrons. The minimum atomic E-state index is 0.303. The van der Waals surface area contributed by atoms with Crippen molar-refractivity contribution in [3.05, 3.63) is 11.1 Å². The minimum absolute atomic E-state index is 0.303. The Balaban J connectivity index is 1.86. The van der Waals surface area contributed by atoms with Crippen LogP contribution in [0.2, 0.25) is 0 Å². The standard InChI is InChI=1S/C10H16N2OS/c1-7-3-4-9(5-11-7)13-10-12-8(2)6-14-10/h6-7,9,11H,3-5H2,1-2H3. The molecule has 0 saturated carbocycles. The van der Waals surface area contributed by atoms with Gasteiger partial charge in [-0.15, -0.1) is 0 Å². The number of rotatable bonds is 2. The monoisotopic (exact) mass is 212 g/mol. The lowest BCUT2D eigenvalue weighted by Crippen LogP contribution is -2.42. The van der Waals surface area contributed by atoms with Crippen LogP contribution in [-0.4, -0.2) is 23.7 Å². The largest absolute Gasteiger partial charge is 0.465 e. The van der Waals surface area contributed by atoms with Gasteiger partial charge < -0.3 is 10.1 Å². The van der Waals surface area contributed by atoms with Crippen molar-refractivity contribution >= 4 is 11.3 Å². The summed E-state index contributed by atoms with van der Waals surface area (Å²) >= 11 is 1.58. The van der Waals surface area contributed by atoms with Crippen molar-refractivity contribution in [1.82, 2.24) is 10.3 Å². The molecule has 2 rings (SSSR count). The van der Waals surface area contributed by atoms with Gasteiger partial charge in [-0.25, -0.2) is 4.98 Å². The molecular formula is C10H16N2OS. The molecule has 1 aromatic heterocycles. The van der Waals surface area contributed by atoms with Crippen molar-refractivity contribution in [1.29, 1.82) is 0 Å². The van der Waals surface area contributed by atoms with E-state index in [4.69, 9.17) is 4.74 Å². The fourth-order valence-corrected chi connectivity index (χ4v) is 2.31. The van der Waals surface area contributed by atoms with Crippen LogP contribution in [0.15, 0.2) is 5.38 Å². The number of hydrogen-bond donors (Lipinski definition) is 1. The van der Waals surface area contributed by atoms with Gasteiger partial charge in [-0.05, 0) is 26.7 Å². The van der Waals surface area contributed by atoms with Gasteiger partial charge in [0.2, 0.25) is 0 Å². The van der Waals surface area contributed by atoms with Gasteiger partial charge in [0.25, 0.3) is 5.19 Å². The van der Waals surface area contributed by atoms with E-state index >= 15 is 0 Å². The smallest absolute Gasteiger partial charge is 0.273 e. The molecule has 2 unspecified atom stereocenters. The first-order valence-electron chi connectivity index (χ1n) is 5.06. The molecule has 1 aliphatic rings. The third-order valence-corrected chi connectivity index (χ3v) is 3.33. The first-order chi connectivity index (χ1) is 6.74. The summed E-state index contributed by atoms with van der Waals surface area (Å²) in [5, 5.41) is 6.24. The van der Waals surface area contributed by atoms with E-state index in [0.717, 1.165) is 23.9 Å². The van der Waals surface area contributed by atoms with Crippen LogP contribution in [0, 0.1) is 6.92 Å². The lowest BCUT2D eigenvalue weighted by atomic mass is 10.0. The van der Waals surface area contributed by atoms with Crippen molar-refractivity contribution in [2.24, 2.45) is 0 Å². The van der Waals surface area contributed by atoms with Gasteiger partial charge in [0.15, 0.2) is 0 Å². The van der Waals surface area contributed by atoms with Crippen LogP contribution < -0.4 is 10.1 Å². The quantitative estimate of drug-likeness (QED) is 0.814. The Morgan fingerprint density at radius 3 is 3.00 bits per heavy atom. The third-order valence-electron chi connectivity index (χ3n) is 2.48. The Morgan fingerprint density at radius 1 is 1.57 bits per heavy atom. The van der Waals surface area contributed by atoms with Gasteiger partial charge in [0.1, 0.15) is 6.10 Å². The number of nitrogens with zero attached hydrogens (tertiary/aromatic N) is 1. The van der Waals surface area contributed by atoms with E-state index in [0.29, 0.717) is 12.1 Å². The molecule has 1 fully saturated rings. The summed E-state index contributed by atoms with van der Waals surface area (Å²) in [6, 6.07) is 0.632. The summed E-state index contributed by atoms with van der Waals surface area (Å²) < 4.78 is 5.77. The molecule has 3 nitrogen and oxygen atoms in total. The van der Waals surface area contributed by atoms with E-state index in [9.17, 15) is 0 Å². The fourth-order valence-electron chi connectivity index (χ4n) is 1.60. The summed E-state index contributed by atoms with van der Waals surface area (Å²) in [6.45, 7) is 5.15. The van der Waals surface area contributed by atoms with Gasteiger partial charge in [0.05, 0.1) is 5.69 Å². The second-order valence-electron chi connectivity index (χ2n) is 3.88. The van der Waals surface area contributed by atoms with Crippen LogP contribution in [0.25, 0.3) is 0 Å². The molecule has 0 aliphatic carbocycles. The van der Waals surface area contributed by atoms with E-state index in [-0.39, 0.29) is 0 Å². The maximum Gasteiger partial charge on any atom is 0.273 e. The zero-order chi connectivity index (χ0) is 9.97. The zero-order valence-electron chi connectivity index (χ0n) is 8.62. The maximum atomic E-state index is 5.77. The number of aryl methyl sites for hydroxylation is 1. The van der Waals surface area contributed by atoms with Crippen LogP contribution >= 0.6 is 11.3 Å². The molecular weight excluding hydrogens is 196 g/mol. The molecule has 2 atom stereocenters. The molecule has 4 heteroatoms. The highest BCUT2D eigenvalue weighted by atomic mass is 32.1. The lowest BCUT2D eigenvalue weighted by molar-refractivity contribution is 0.152. The van der Waals surface area contributed by atoms with Gasteiger partial charge >= 0.3 is 0 Å². The van der Waals surface area contributed by atoms with E-state index in [1.165, 1.54) is 6.42 Å². The van der Waals surface area contributed by atoms with Crippen LogP contribution in [-0.2, 0) is 0 Å². The maximum absolute atomic E-state index is 5.77. The summed E-state index contributed by atoms with van der Waals surface area (Å²) in [4.78, 5) is 4.29. The molecule has 1 N–H and O–H groups in total. The number of hydrogen-bond acceptors (Lipinski definition) is 4. The second kappa shape index (κ2) is 4.28. The molecule has 0 bridgehead atoms. The number of thiazole rings is 1. The van der Waals surface area contributed by atoms with Crippen molar-refractivity contribution in [3.63, 3.8) is 0 Å². The Hall–Kier alpha value is -0.610. The number of nitrogens with one attached hydrogen (secondary N) is 1. The normalized spacial score (nSPS) is 27.6. The van der Waals surface area contributed by atoms with Crippen molar-refractivity contribution in [3.8, 4) is 5.19 Å². The molecule has 1 aliphatic heterocycles. The van der Waals surface area contributed by atoms with Gasteiger partial charge in [-0.1, -0.05) is 11.3 Å². The van der Waals surface area contributed by atoms with E-state index in [2.05, 4.69) is 17.2 Å². The highest BCUT2D eigenvalue weighted by Crippen LogP contribution is 2.21. The van der Waals surface area contributed by atoms with Gasteiger partial charge in [-0.3, -0.25) is 0 Å². The average molecular weight is 212 g/mol. The average Bonchev–Trinajstić information content (AvgIpc) is 2.56. The van der Waals surface area contributed by atoms with Crippen molar-refractivity contribution in [2.45, 2.75) is 38.8 Å². The zero-order valence-corrected chi connectivity index (χ0v) is 9.43. The molecule has 14 heavy (non-hydrogen) atoms. The predicted octanol–water partition coefficient (Wildman–Crippen LogP) is 1.97. The minimum Gasteiger partial charge on any atom is -0.465 e. The van der Waals surface area contributed by atoms with Crippen molar-refractivity contribution < 1.29 is 4.74 Å². The van der Waals surface area contributed by atoms with E-state index in [1.807, 2.05) is 12.3 Å². The lowest BCUT2D eigenvalue weighted by Gasteiger charge is -2.27. The molecule has 0 spiro atoms. The SMILES string of the molecule is Cc1csc(OC2CCC(C)NC2)n1. The van der Waals surface area contributed by atoms with Crippen LogP contribution in [0.1, 0.15) is 25.5 Å². The highest BCUT2D eigenvalue weighted by molar-refractivity contribution is 7.11. The van der Waals surface area contributed by atoms with E-state index in [1.54, 1.807) is 11.3 Å². The van der Waals surface area contributed by atoms with E-state index < -0.39 is 0 Å². The predicted molar refractivity (Wildman–Crippen MR) is 58.0 cm³/mol. The number of aromatic nitrogens is 1. The first-order valence-corrected chi connectivity index (χ1v) is 5.94.